The topological polar surface area (TPSA) is 28.4 Å². The quantitative estimate of drug-likeness (QED) is 0.664. The second-order valence-corrected chi connectivity index (χ2v) is 6.19. The number of hydrogen-bond donors (Lipinski definition) is 1. The fraction of sp³-hybridized carbons (Fsp3) is 0.333. The van der Waals surface area contributed by atoms with Crippen LogP contribution in [0.4, 0.5) is 0 Å². The number of furan rings is 1. The maximum atomic E-state index is 6.22. The van der Waals surface area contributed by atoms with Gasteiger partial charge in [0.15, 0.2) is 0 Å². The van der Waals surface area contributed by atoms with Crippen LogP contribution in [0.5, 0.6) is 0 Å². The van der Waals surface area contributed by atoms with E-state index in [1.54, 1.807) is 0 Å². The van der Waals surface area contributed by atoms with E-state index >= 15 is 0 Å². The average molecular weight is 431 g/mol. The highest BCUT2D eigenvalue weighted by molar-refractivity contribution is 9.10. The third-order valence-electron chi connectivity index (χ3n) is 2.89. The lowest BCUT2D eigenvalue weighted by Crippen LogP contribution is -2.25. The summed E-state index contributed by atoms with van der Waals surface area (Å²) >= 11 is 9.62. The van der Waals surface area contributed by atoms with E-state index in [9.17, 15) is 0 Å². The van der Waals surface area contributed by atoms with Gasteiger partial charge in [-0.1, -0.05) is 27.5 Å². The van der Waals surface area contributed by atoms with Gasteiger partial charge < -0.3 is 14.6 Å². The number of benzene rings is 1. The van der Waals surface area contributed by atoms with Gasteiger partial charge in [-0.05, 0) is 44.4 Å². The second kappa shape index (κ2) is 10.5. The van der Waals surface area contributed by atoms with Crippen molar-refractivity contribution in [1.29, 1.82) is 0 Å². The molecule has 22 heavy (non-hydrogen) atoms. The molecule has 0 fully saturated rings. The molecule has 3 nitrogen and oxygen atoms in total. The molecular formula is C15H20BrCl3N2O. The summed E-state index contributed by atoms with van der Waals surface area (Å²) in [5.41, 5.74) is 0.911. The van der Waals surface area contributed by atoms with Crippen LogP contribution in [0.25, 0.3) is 11.3 Å². The van der Waals surface area contributed by atoms with Crippen LogP contribution in [-0.2, 0) is 6.54 Å². The van der Waals surface area contributed by atoms with Crippen LogP contribution < -0.4 is 5.32 Å². The number of nitrogens with one attached hydrogen (secondary N) is 1. The van der Waals surface area contributed by atoms with Crippen molar-refractivity contribution in [2.45, 2.75) is 6.54 Å². The minimum Gasteiger partial charge on any atom is -0.460 e. The second-order valence-electron chi connectivity index (χ2n) is 4.87. The summed E-state index contributed by atoms with van der Waals surface area (Å²) in [6.07, 6.45) is 0. The van der Waals surface area contributed by atoms with Gasteiger partial charge in [-0.15, -0.1) is 24.8 Å². The van der Waals surface area contributed by atoms with E-state index in [-0.39, 0.29) is 24.8 Å². The van der Waals surface area contributed by atoms with Gasteiger partial charge in [-0.25, -0.2) is 0 Å². The van der Waals surface area contributed by atoms with Crippen LogP contribution in [-0.4, -0.2) is 32.1 Å². The third kappa shape index (κ3) is 6.49. The van der Waals surface area contributed by atoms with Crippen LogP contribution in [0.1, 0.15) is 5.76 Å². The molecule has 0 radical (unpaired) electrons. The molecule has 1 aromatic carbocycles. The van der Waals surface area contributed by atoms with Crippen molar-refractivity contribution in [3.05, 3.63) is 45.6 Å². The Morgan fingerprint density at radius 3 is 2.55 bits per heavy atom. The number of likely N-dealkylation sites (N-methyl/N-ethyl adjacent to an activating group) is 1. The summed E-state index contributed by atoms with van der Waals surface area (Å²) in [7, 11) is 4.12. The maximum Gasteiger partial charge on any atom is 0.135 e. The molecule has 1 N–H and O–H groups in total. The predicted octanol–water partition coefficient (Wildman–Crippen LogP) is 4.86. The lowest BCUT2D eigenvalue weighted by molar-refractivity contribution is 0.392. The smallest absolute Gasteiger partial charge is 0.135 e. The van der Waals surface area contributed by atoms with Crippen LogP contribution in [0, 0.1) is 0 Å². The van der Waals surface area contributed by atoms with Crippen molar-refractivity contribution in [2.24, 2.45) is 0 Å². The summed E-state index contributed by atoms with van der Waals surface area (Å²) in [4.78, 5) is 2.14. The minimum atomic E-state index is 0. The molecule has 0 spiro atoms. The molecule has 2 aromatic rings. The molecule has 124 valence electrons. The molecule has 0 atom stereocenters. The fourth-order valence-electron chi connectivity index (χ4n) is 1.82. The molecule has 0 unspecified atom stereocenters. The highest BCUT2D eigenvalue weighted by atomic mass is 79.9. The lowest BCUT2D eigenvalue weighted by Gasteiger charge is -2.09. The molecule has 0 amide bonds. The molecule has 2 rings (SSSR count). The van der Waals surface area contributed by atoms with Crippen molar-refractivity contribution in [1.82, 2.24) is 10.2 Å². The first-order chi connectivity index (χ1) is 9.56. The Bertz CT molecular complexity index is 576. The summed E-state index contributed by atoms with van der Waals surface area (Å²) in [6.45, 7) is 2.66. The zero-order chi connectivity index (χ0) is 14.5. The van der Waals surface area contributed by atoms with Crippen molar-refractivity contribution >= 4 is 52.3 Å². The summed E-state index contributed by atoms with van der Waals surface area (Å²) < 4.78 is 6.78. The minimum absolute atomic E-state index is 0. The lowest BCUT2D eigenvalue weighted by atomic mass is 10.2. The fourth-order valence-corrected chi connectivity index (χ4v) is 2.59. The molecular weight excluding hydrogens is 410 g/mol. The molecule has 0 bridgehead atoms. The zero-order valence-corrected chi connectivity index (χ0v) is 16.4. The Kier molecular flexibility index (Phi) is 10.4. The van der Waals surface area contributed by atoms with Gasteiger partial charge in [0.1, 0.15) is 11.5 Å². The zero-order valence-electron chi connectivity index (χ0n) is 12.4. The highest BCUT2D eigenvalue weighted by Crippen LogP contribution is 2.31. The Morgan fingerprint density at radius 1 is 1.18 bits per heavy atom. The first-order valence-electron chi connectivity index (χ1n) is 6.46. The van der Waals surface area contributed by atoms with Gasteiger partial charge in [0.05, 0.1) is 11.6 Å². The number of halogens is 4. The Balaban J connectivity index is 0.00000220. The number of nitrogens with zero attached hydrogens (tertiary/aromatic N) is 1. The van der Waals surface area contributed by atoms with Crippen LogP contribution in [0.2, 0.25) is 5.02 Å². The molecule has 0 saturated heterocycles. The first kappa shape index (κ1) is 21.8. The van der Waals surface area contributed by atoms with Gasteiger partial charge in [-0.3, -0.25) is 0 Å². The van der Waals surface area contributed by atoms with E-state index in [0.717, 1.165) is 41.2 Å². The predicted molar refractivity (Wildman–Crippen MR) is 102 cm³/mol. The average Bonchev–Trinajstić information content (AvgIpc) is 2.83. The summed E-state index contributed by atoms with van der Waals surface area (Å²) in [5.74, 6) is 1.71. The van der Waals surface area contributed by atoms with E-state index in [4.69, 9.17) is 16.0 Å². The third-order valence-corrected chi connectivity index (χ3v) is 3.70. The van der Waals surface area contributed by atoms with Crippen molar-refractivity contribution in [3.63, 3.8) is 0 Å². The summed E-state index contributed by atoms with van der Waals surface area (Å²) in [6, 6.07) is 9.72. The SMILES string of the molecule is CN(C)CCNCc1ccc(-c2ccc(Br)cc2Cl)o1.Cl.Cl. The van der Waals surface area contributed by atoms with Crippen molar-refractivity contribution in [2.75, 3.05) is 27.2 Å². The van der Waals surface area contributed by atoms with E-state index in [0.29, 0.717) is 5.02 Å². The Morgan fingerprint density at radius 2 is 1.91 bits per heavy atom. The highest BCUT2D eigenvalue weighted by Gasteiger charge is 2.08. The van der Waals surface area contributed by atoms with Gasteiger partial charge in [0, 0.05) is 23.1 Å². The van der Waals surface area contributed by atoms with Crippen molar-refractivity contribution < 1.29 is 4.42 Å². The summed E-state index contributed by atoms with van der Waals surface area (Å²) in [5, 5.41) is 4.03. The van der Waals surface area contributed by atoms with Gasteiger partial charge >= 0.3 is 0 Å². The molecule has 7 heteroatoms. The molecule has 0 saturated carbocycles. The van der Waals surface area contributed by atoms with E-state index in [1.807, 2.05) is 30.3 Å². The Hall–Kier alpha value is -0.230. The van der Waals surface area contributed by atoms with Crippen LogP contribution in [0.3, 0.4) is 0 Å². The maximum absolute atomic E-state index is 6.22. The normalized spacial score (nSPS) is 10.2. The first-order valence-corrected chi connectivity index (χ1v) is 7.63. The monoisotopic (exact) mass is 428 g/mol. The van der Waals surface area contributed by atoms with Gasteiger partial charge in [0.2, 0.25) is 0 Å². The van der Waals surface area contributed by atoms with E-state index in [2.05, 4.69) is 40.2 Å². The molecule has 1 heterocycles. The Labute approximate surface area is 157 Å². The van der Waals surface area contributed by atoms with Crippen LogP contribution in [0.15, 0.2) is 39.2 Å². The number of rotatable bonds is 6. The molecule has 0 aliphatic heterocycles. The molecule has 1 aromatic heterocycles. The number of hydrogen-bond acceptors (Lipinski definition) is 3. The van der Waals surface area contributed by atoms with Gasteiger partial charge in [0.25, 0.3) is 0 Å². The molecule has 0 aliphatic rings. The van der Waals surface area contributed by atoms with Crippen molar-refractivity contribution in [3.8, 4) is 11.3 Å². The largest absolute Gasteiger partial charge is 0.460 e. The van der Waals surface area contributed by atoms with E-state index in [1.165, 1.54) is 0 Å². The van der Waals surface area contributed by atoms with Crippen LogP contribution >= 0.6 is 52.3 Å². The standard InChI is InChI=1S/C15H18BrClN2O.2ClH/c1-19(2)8-7-18-10-12-4-6-15(20-12)13-5-3-11(16)9-14(13)17;;/h3-6,9,18H,7-8,10H2,1-2H3;2*1H. The molecule has 0 aliphatic carbocycles. The van der Waals surface area contributed by atoms with E-state index < -0.39 is 0 Å². The van der Waals surface area contributed by atoms with Gasteiger partial charge in [-0.2, -0.15) is 0 Å².